The molecule has 1 aromatic heterocycles. The van der Waals surface area contributed by atoms with Crippen LogP contribution in [0.1, 0.15) is 5.69 Å². The monoisotopic (exact) mass is 344 g/mol. The first-order chi connectivity index (χ1) is 12.0. The molecule has 0 saturated heterocycles. The Balaban J connectivity index is 1.84. The lowest BCUT2D eigenvalue weighted by Crippen LogP contribution is -2.40. The molecule has 0 bridgehead atoms. The van der Waals surface area contributed by atoms with Crippen LogP contribution in [0.5, 0.6) is 0 Å². The Bertz CT molecular complexity index is 740. The SMILES string of the molecule is CN=C(NCCNc1ccccc1[N+](=O)[O-])N(C)Cc1cccn1C. The highest BCUT2D eigenvalue weighted by Crippen LogP contribution is 2.22. The molecule has 0 fully saturated rings. The molecule has 2 rings (SSSR count). The normalized spacial score (nSPS) is 11.2. The molecule has 134 valence electrons. The van der Waals surface area contributed by atoms with Gasteiger partial charge in [0.15, 0.2) is 5.96 Å². The standard InChI is InChI=1S/C17H24N6O2/c1-18-17(22(3)13-14-7-6-12-21(14)2)20-11-10-19-15-8-4-5-9-16(15)23(24)25/h4-9,12,19H,10-11,13H2,1-3H3,(H,18,20). The van der Waals surface area contributed by atoms with E-state index >= 15 is 0 Å². The van der Waals surface area contributed by atoms with Crippen molar-refractivity contribution in [3.63, 3.8) is 0 Å². The van der Waals surface area contributed by atoms with Crippen molar-refractivity contribution in [2.24, 2.45) is 12.0 Å². The predicted molar refractivity (Wildman–Crippen MR) is 99.8 cm³/mol. The highest BCUT2D eigenvalue weighted by molar-refractivity contribution is 5.79. The van der Waals surface area contributed by atoms with Crippen LogP contribution in [0.4, 0.5) is 11.4 Å². The highest BCUT2D eigenvalue weighted by atomic mass is 16.6. The number of nitro groups is 1. The second-order valence-corrected chi connectivity index (χ2v) is 5.64. The number of hydrogen-bond acceptors (Lipinski definition) is 4. The number of para-hydroxylation sites is 2. The molecule has 0 atom stereocenters. The molecule has 1 aromatic carbocycles. The van der Waals surface area contributed by atoms with Gasteiger partial charge in [0.2, 0.25) is 0 Å². The average molecular weight is 344 g/mol. The Morgan fingerprint density at radius 2 is 2.04 bits per heavy atom. The minimum absolute atomic E-state index is 0.0766. The third kappa shape index (κ3) is 4.97. The summed E-state index contributed by atoms with van der Waals surface area (Å²) in [5.74, 6) is 0.769. The molecule has 0 spiro atoms. The molecule has 25 heavy (non-hydrogen) atoms. The molecule has 2 N–H and O–H groups in total. The molecule has 1 heterocycles. The number of benzene rings is 1. The molecule has 0 saturated carbocycles. The molecule has 0 aliphatic rings. The number of aliphatic imine (C=N–C) groups is 1. The summed E-state index contributed by atoms with van der Waals surface area (Å²) in [6.07, 6.45) is 2.01. The molecule has 8 heteroatoms. The van der Waals surface area contributed by atoms with Gasteiger partial charge in [-0.2, -0.15) is 0 Å². The minimum Gasteiger partial charge on any atom is -0.378 e. The third-order valence-electron chi connectivity index (χ3n) is 3.85. The van der Waals surface area contributed by atoms with Gasteiger partial charge in [-0.05, 0) is 18.2 Å². The fraction of sp³-hybridized carbons (Fsp3) is 0.353. The zero-order chi connectivity index (χ0) is 18.2. The second-order valence-electron chi connectivity index (χ2n) is 5.64. The van der Waals surface area contributed by atoms with Gasteiger partial charge in [0, 0.05) is 52.2 Å². The van der Waals surface area contributed by atoms with Gasteiger partial charge in [-0.15, -0.1) is 0 Å². The van der Waals surface area contributed by atoms with E-state index in [0.717, 1.165) is 12.5 Å². The van der Waals surface area contributed by atoms with Crippen molar-refractivity contribution in [3.8, 4) is 0 Å². The smallest absolute Gasteiger partial charge is 0.292 e. The van der Waals surface area contributed by atoms with Gasteiger partial charge in [-0.25, -0.2) is 0 Å². The summed E-state index contributed by atoms with van der Waals surface area (Å²) in [6, 6.07) is 10.7. The number of nitro benzene ring substituents is 1. The zero-order valence-electron chi connectivity index (χ0n) is 14.8. The van der Waals surface area contributed by atoms with E-state index in [1.807, 2.05) is 31.3 Å². The number of aryl methyl sites for hydroxylation is 1. The van der Waals surface area contributed by atoms with Gasteiger partial charge in [0.05, 0.1) is 11.5 Å². The number of rotatable bonds is 7. The summed E-state index contributed by atoms with van der Waals surface area (Å²) >= 11 is 0. The first-order valence-electron chi connectivity index (χ1n) is 8.02. The molecule has 8 nitrogen and oxygen atoms in total. The largest absolute Gasteiger partial charge is 0.378 e. The van der Waals surface area contributed by atoms with Crippen LogP contribution in [0.3, 0.4) is 0 Å². The fourth-order valence-electron chi connectivity index (χ4n) is 2.52. The molecule has 0 aliphatic carbocycles. The van der Waals surface area contributed by atoms with Crippen molar-refractivity contribution in [3.05, 3.63) is 58.4 Å². The molecular weight excluding hydrogens is 320 g/mol. The lowest BCUT2D eigenvalue weighted by Gasteiger charge is -2.22. The van der Waals surface area contributed by atoms with Crippen molar-refractivity contribution in [1.82, 2.24) is 14.8 Å². The summed E-state index contributed by atoms with van der Waals surface area (Å²) in [4.78, 5) is 16.9. The van der Waals surface area contributed by atoms with E-state index in [4.69, 9.17) is 0 Å². The van der Waals surface area contributed by atoms with Crippen LogP contribution < -0.4 is 10.6 Å². The molecule has 2 aromatic rings. The third-order valence-corrected chi connectivity index (χ3v) is 3.85. The van der Waals surface area contributed by atoms with E-state index in [1.54, 1.807) is 25.2 Å². The van der Waals surface area contributed by atoms with Crippen LogP contribution in [0.15, 0.2) is 47.6 Å². The van der Waals surface area contributed by atoms with Gasteiger partial charge in [-0.3, -0.25) is 15.1 Å². The number of guanidine groups is 1. The maximum absolute atomic E-state index is 11.0. The Kier molecular flexibility index (Phi) is 6.39. The Morgan fingerprint density at radius 3 is 2.68 bits per heavy atom. The van der Waals surface area contributed by atoms with Crippen LogP contribution >= 0.6 is 0 Å². The van der Waals surface area contributed by atoms with Crippen LogP contribution in [0.25, 0.3) is 0 Å². The number of nitrogens with zero attached hydrogens (tertiary/aromatic N) is 4. The van der Waals surface area contributed by atoms with Crippen LogP contribution in [-0.2, 0) is 13.6 Å². The molecule has 0 radical (unpaired) electrons. The quantitative estimate of drug-likeness (QED) is 0.264. The summed E-state index contributed by atoms with van der Waals surface area (Å²) in [5.41, 5.74) is 1.78. The second kappa shape index (κ2) is 8.72. The summed E-state index contributed by atoms with van der Waals surface area (Å²) in [6.45, 7) is 1.87. The van der Waals surface area contributed by atoms with Gasteiger partial charge in [0.25, 0.3) is 5.69 Å². The van der Waals surface area contributed by atoms with Gasteiger partial charge >= 0.3 is 0 Å². The first kappa shape index (κ1) is 18.3. The Morgan fingerprint density at radius 1 is 1.28 bits per heavy atom. The van der Waals surface area contributed by atoms with E-state index in [2.05, 4.69) is 26.3 Å². The van der Waals surface area contributed by atoms with Gasteiger partial charge in [0.1, 0.15) is 5.69 Å². The lowest BCUT2D eigenvalue weighted by atomic mass is 10.2. The van der Waals surface area contributed by atoms with Crippen molar-refractivity contribution in [2.45, 2.75) is 6.54 Å². The predicted octanol–water partition coefficient (Wildman–Crippen LogP) is 2.05. The summed E-state index contributed by atoms with van der Waals surface area (Å²) in [5, 5.41) is 17.3. The van der Waals surface area contributed by atoms with E-state index in [-0.39, 0.29) is 10.6 Å². The van der Waals surface area contributed by atoms with Crippen molar-refractivity contribution >= 4 is 17.3 Å². The van der Waals surface area contributed by atoms with E-state index in [9.17, 15) is 10.1 Å². The maximum Gasteiger partial charge on any atom is 0.292 e. The van der Waals surface area contributed by atoms with Crippen molar-refractivity contribution in [2.75, 3.05) is 32.5 Å². The van der Waals surface area contributed by atoms with E-state index < -0.39 is 0 Å². The van der Waals surface area contributed by atoms with Crippen LogP contribution in [0.2, 0.25) is 0 Å². The average Bonchev–Trinajstić information content (AvgIpc) is 3.00. The molecule has 0 unspecified atom stereocenters. The zero-order valence-corrected chi connectivity index (χ0v) is 14.8. The summed E-state index contributed by atoms with van der Waals surface area (Å²) in [7, 11) is 5.72. The molecular formula is C17H24N6O2. The Hall–Kier alpha value is -3.03. The molecule has 0 aliphatic heterocycles. The Labute approximate surface area is 147 Å². The minimum atomic E-state index is -0.387. The fourth-order valence-corrected chi connectivity index (χ4v) is 2.52. The number of hydrogen-bond donors (Lipinski definition) is 2. The maximum atomic E-state index is 11.0. The van der Waals surface area contributed by atoms with E-state index in [0.29, 0.717) is 18.8 Å². The van der Waals surface area contributed by atoms with Crippen LogP contribution in [-0.4, -0.2) is 47.5 Å². The van der Waals surface area contributed by atoms with Crippen LogP contribution in [0, 0.1) is 10.1 Å². The van der Waals surface area contributed by atoms with Gasteiger partial charge in [-0.1, -0.05) is 12.1 Å². The topological polar surface area (TPSA) is 87.7 Å². The van der Waals surface area contributed by atoms with Crippen molar-refractivity contribution < 1.29 is 4.92 Å². The molecule has 0 amide bonds. The number of anilines is 1. The first-order valence-corrected chi connectivity index (χ1v) is 8.02. The lowest BCUT2D eigenvalue weighted by molar-refractivity contribution is -0.384. The van der Waals surface area contributed by atoms with Gasteiger partial charge < -0.3 is 20.1 Å². The number of aromatic nitrogens is 1. The summed E-state index contributed by atoms with van der Waals surface area (Å²) < 4.78 is 2.07. The number of nitrogens with one attached hydrogen (secondary N) is 2. The van der Waals surface area contributed by atoms with E-state index in [1.165, 1.54) is 11.8 Å². The van der Waals surface area contributed by atoms with Crippen molar-refractivity contribution in [1.29, 1.82) is 0 Å². The highest BCUT2D eigenvalue weighted by Gasteiger charge is 2.12.